The van der Waals surface area contributed by atoms with Crippen LogP contribution in [0.1, 0.15) is 16.7 Å². The molecule has 0 aliphatic carbocycles. The van der Waals surface area contributed by atoms with Crippen molar-refractivity contribution in [2.45, 2.75) is 25.9 Å². The van der Waals surface area contributed by atoms with Crippen molar-refractivity contribution in [2.75, 3.05) is 37.2 Å². The van der Waals surface area contributed by atoms with Gasteiger partial charge < -0.3 is 15.1 Å². The highest BCUT2D eigenvalue weighted by Crippen LogP contribution is 2.24. The Morgan fingerprint density at radius 3 is 2.48 bits per heavy atom. The van der Waals surface area contributed by atoms with Crippen LogP contribution in [-0.4, -0.2) is 63.2 Å². The Morgan fingerprint density at radius 1 is 1.00 bits per heavy atom. The number of carbonyl (C=O) groups is 2. The third-order valence-electron chi connectivity index (χ3n) is 5.96. The first kappa shape index (κ1) is 22.9. The lowest BCUT2D eigenvalue weighted by Crippen LogP contribution is -2.52. The van der Waals surface area contributed by atoms with E-state index in [-0.39, 0.29) is 11.9 Å². The number of amides is 3. The molecule has 1 aliphatic rings. The molecule has 1 saturated heterocycles. The Morgan fingerprint density at radius 2 is 1.73 bits per heavy atom. The maximum absolute atomic E-state index is 12.8. The predicted octanol–water partition coefficient (Wildman–Crippen LogP) is 4.27. The van der Waals surface area contributed by atoms with Gasteiger partial charge in [0, 0.05) is 44.3 Å². The molecule has 7 nitrogen and oxygen atoms in total. The molecular formula is C25H29N5O2S. The summed E-state index contributed by atoms with van der Waals surface area (Å²) in [4.78, 5) is 33.4. The van der Waals surface area contributed by atoms with E-state index < -0.39 is 0 Å². The van der Waals surface area contributed by atoms with Crippen LogP contribution in [0.3, 0.4) is 0 Å². The van der Waals surface area contributed by atoms with Gasteiger partial charge in [0.05, 0.1) is 11.4 Å². The first-order valence-electron chi connectivity index (χ1n) is 11.1. The van der Waals surface area contributed by atoms with Crippen molar-refractivity contribution in [3.8, 4) is 5.69 Å². The van der Waals surface area contributed by atoms with Crippen LogP contribution < -0.4 is 5.32 Å². The molecule has 2 heterocycles. The summed E-state index contributed by atoms with van der Waals surface area (Å²) in [5.74, 6) is 0.381. The van der Waals surface area contributed by atoms with Gasteiger partial charge >= 0.3 is 6.03 Å². The Balaban J connectivity index is 1.29. The number of hydrogen-bond acceptors (Lipinski definition) is 4. The minimum Gasteiger partial charge on any atom is -0.338 e. The molecule has 0 saturated carbocycles. The monoisotopic (exact) mass is 463 g/mol. The van der Waals surface area contributed by atoms with Gasteiger partial charge in [-0.15, -0.1) is 0 Å². The highest BCUT2D eigenvalue weighted by Gasteiger charge is 2.24. The predicted molar refractivity (Wildman–Crippen MR) is 132 cm³/mol. The van der Waals surface area contributed by atoms with Gasteiger partial charge in [-0.2, -0.15) is 0 Å². The van der Waals surface area contributed by atoms with Gasteiger partial charge in [-0.1, -0.05) is 36.0 Å². The average molecular weight is 464 g/mol. The molecule has 1 aromatic heterocycles. The van der Waals surface area contributed by atoms with Crippen LogP contribution in [-0.2, 0) is 4.79 Å². The zero-order chi connectivity index (χ0) is 23.4. The summed E-state index contributed by atoms with van der Waals surface area (Å²) in [7, 11) is 0. The summed E-state index contributed by atoms with van der Waals surface area (Å²) < 4.78 is 2.04. The molecule has 0 unspecified atom stereocenters. The number of urea groups is 1. The van der Waals surface area contributed by atoms with Crippen molar-refractivity contribution >= 4 is 29.4 Å². The Labute approximate surface area is 198 Å². The van der Waals surface area contributed by atoms with Crippen molar-refractivity contribution in [2.24, 2.45) is 0 Å². The van der Waals surface area contributed by atoms with E-state index in [1.165, 1.54) is 22.9 Å². The zero-order valence-electron chi connectivity index (χ0n) is 19.2. The number of aromatic nitrogens is 2. The van der Waals surface area contributed by atoms with Crippen LogP contribution in [0.5, 0.6) is 0 Å². The molecule has 4 rings (SSSR count). The molecule has 3 amide bonds. The molecule has 0 radical (unpaired) electrons. The zero-order valence-corrected chi connectivity index (χ0v) is 20.1. The number of piperazine rings is 1. The van der Waals surface area contributed by atoms with Gasteiger partial charge in [0.2, 0.25) is 5.91 Å². The third-order valence-corrected chi connectivity index (χ3v) is 6.91. The van der Waals surface area contributed by atoms with Crippen LogP contribution in [0.15, 0.2) is 60.0 Å². The van der Waals surface area contributed by atoms with Crippen LogP contribution >= 0.6 is 11.8 Å². The van der Waals surface area contributed by atoms with Crippen LogP contribution in [0, 0.1) is 20.8 Å². The maximum atomic E-state index is 12.8. The van der Waals surface area contributed by atoms with Crippen LogP contribution in [0.4, 0.5) is 10.5 Å². The van der Waals surface area contributed by atoms with E-state index in [9.17, 15) is 9.59 Å². The SMILES string of the molecule is Cc1cccc(NC(=O)N2CCN(C(=O)CSc3nccn3-c3cccc(C)c3C)CC2)c1. The molecule has 1 fully saturated rings. The molecule has 0 atom stereocenters. The molecule has 2 aromatic carbocycles. The first-order chi connectivity index (χ1) is 15.9. The fourth-order valence-corrected chi connectivity index (χ4v) is 4.75. The van der Waals surface area contributed by atoms with E-state index in [0.29, 0.717) is 31.9 Å². The normalized spacial score (nSPS) is 13.8. The minimum atomic E-state index is -0.127. The van der Waals surface area contributed by atoms with Gasteiger partial charge in [-0.05, 0) is 55.7 Å². The second-order valence-corrected chi connectivity index (χ2v) is 9.20. The van der Waals surface area contributed by atoms with E-state index in [1.54, 1.807) is 11.1 Å². The minimum absolute atomic E-state index is 0.0641. The van der Waals surface area contributed by atoms with Crippen molar-refractivity contribution < 1.29 is 9.59 Å². The molecule has 1 aliphatic heterocycles. The number of anilines is 1. The summed E-state index contributed by atoms with van der Waals surface area (Å²) in [6.07, 6.45) is 3.69. The van der Waals surface area contributed by atoms with Crippen molar-refractivity contribution in [3.63, 3.8) is 0 Å². The van der Waals surface area contributed by atoms with Crippen molar-refractivity contribution in [1.29, 1.82) is 0 Å². The fraction of sp³-hybridized carbons (Fsp3) is 0.320. The second kappa shape index (κ2) is 10.1. The molecule has 0 bridgehead atoms. The topological polar surface area (TPSA) is 70.5 Å². The fourth-order valence-electron chi connectivity index (χ4n) is 3.88. The van der Waals surface area contributed by atoms with Crippen LogP contribution in [0.25, 0.3) is 5.69 Å². The number of benzene rings is 2. The summed E-state index contributed by atoms with van der Waals surface area (Å²) in [5.41, 5.74) is 5.38. The number of rotatable bonds is 5. The molecule has 33 heavy (non-hydrogen) atoms. The van der Waals surface area contributed by atoms with Gasteiger partial charge in [0.1, 0.15) is 0 Å². The van der Waals surface area contributed by atoms with Gasteiger partial charge in [0.25, 0.3) is 0 Å². The van der Waals surface area contributed by atoms with Crippen LogP contribution in [0.2, 0.25) is 0 Å². The third kappa shape index (κ3) is 5.39. The molecule has 0 spiro atoms. The van der Waals surface area contributed by atoms with Gasteiger partial charge in [-0.3, -0.25) is 9.36 Å². The summed E-state index contributed by atoms with van der Waals surface area (Å²) >= 11 is 1.44. The quantitative estimate of drug-likeness (QED) is 0.574. The lowest BCUT2D eigenvalue weighted by molar-refractivity contribution is -0.129. The molecular weight excluding hydrogens is 434 g/mol. The van der Waals surface area contributed by atoms with E-state index in [4.69, 9.17) is 0 Å². The summed E-state index contributed by atoms with van der Waals surface area (Å²) in [6.45, 7) is 8.28. The first-order valence-corrected chi connectivity index (χ1v) is 12.0. The van der Waals surface area contributed by atoms with Crippen molar-refractivity contribution in [1.82, 2.24) is 19.4 Å². The number of carbonyl (C=O) groups excluding carboxylic acids is 2. The van der Waals surface area contributed by atoms with E-state index in [2.05, 4.69) is 36.3 Å². The lowest BCUT2D eigenvalue weighted by Gasteiger charge is -2.34. The number of nitrogens with one attached hydrogen (secondary N) is 1. The largest absolute Gasteiger partial charge is 0.338 e. The standard InChI is InChI=1S/C25H29N5O2S/c1-18-6-4-8-21(16-18)27-24(32)29-14-12-28(13-15-29)23(31)17-33-25-26-10-11-30(25)22-9-5-7-19(2)20(22)3/h4-11,16H,12-15,17H2,1-3H3,(H,27,32). The van der Waals surface area contributed by atoms with Gasteiger partial charge in [0.15, 0.2) is 5.16 Å². The Kier molecular flexibility index (Phi) is 7.03. The molecule has 1 N–H and O–H groups in total. The summed E-state index contributed by atoms with van der Waals surface area (Å²) in [5, 5.41) is 3.74. The van der Waals surface area contributed by atoms with E-state index in [0.717, 1.165) is 22.1 Å². The Hall–Kier alpha value is -3.26. The average Bonchev–Trinajstić information content (AvgIpc) is 3.28. The van der Waals surface area contributed by atoms with E-state index >= 15 is 0 Å². The maximum Gasteiger partial charge on any atom is 0.321 e. The second-order valence-electron chi connectivity index (χ2n) is 8.25. The highest BCUT2D eigenvalue weighted by molar-refractivity contribution is 7.99. The highest BCUT2D eigenvalue weighted by atomic mass is 32.2. The number of thioether (sulfide) groups is 1. The smallest absolute Gasteiger partial charge is 0.321 e. The number of imidazole rings is 1. The van der Waals surface area contributed by atoms with Gasteiger partial charge in [-0.25, -0.2) is 9.78 Å². The van der Waals surface area contributed by atoms with Crippen molar-refractivity contribution in [3.05, 3.63) is 71.5 Å². The lowest BCUT2D eigenvalue weighted by atomic mass is 10.1. The van der Waals surface area contributed by atoms with E-state index in [1.807, 2.05) is 52.9 Å². The molecule has 172 valence electrons. The molecule has 3 aromatic rings. The Bertz CT molecular complexity index is 1150. The summed E-state index contributed by atoms with van der Waals surface area (Å²) in [6, 6.07) is 13.8. The number of nitrogens with zero attached hydrogens (tertiary/aromatic N) is 4. The molecule has 8 heteroatoms. The number of aryl methyl sites for hydroxylation is 2. The number of hydrogen-bond donors (Lipinski definition) is 1.